The van der Waals surface area contributed by atoms with Gasteiger partial charge < -0.3 is 4.52 Å². The topological polar surface area (TPSA) is 64.2 Å². The molecule has 0 amide bonds. The highest BCUT2D eigenvalue weighted by molar-refractivity contribution is 5.03. The summed E-state index contributed by atoms with van der Waals surface area (Å²) in [5.41, 5.74) is -1.81. The van der Waals surface area contributed by atoms with Gasteiger partial charge in [0.05, 0.1) is 19.1 Å². The van der Waals surface area contributed by atoms with Crippen molar-refractivity contribution in [3.05, 3.63) is 46.5 Å². The maximum atomic E-state index is 12.5. The summed E-state index contributed by atoms with van der Waals surface area (Å²) in [6.07, 6.45) is -0.272. The summed E-state index contributed by atoms with van der Waals surface area (Å²) in [5, 5.41) is 3.67. The second-order valence-corrected chi connectivity index (χ2v) is 5.96. The van der Waals surface area contributed by atoms with Crippen LogP contribution in [0.15, 0.2) is 34.0 Å². The Morgan fingerprint density at radius 2 is 2.04 bits per heavy atom. The van der Waals surface area contributed by atoms with E-state index >= 15 is 0 Å². The van der Waals surface area contributed by atoms with Gasteiger partial charge in [0.1, 0.15) is 0 Å². The Bertz CT molecular complexity index is 719. The van der Waals surface area contributed by atoms with Crippen LogP contribution >= 0.6 is 0 Å². The number of hydrogen-bond acceptors (Lipinski definition) is 5. The molecule has 0 saturated carbocycles. The molecule has 0 spiro atoms. The van der Waals surface area contributed by atoms with Gasteiger partial charge in [0.2, 0.25) is 0 Å². The van der Waals surface area contributed by atoms with E-state index in [1.807, 2.05) is 6.07 Å². The molecule has 0 N–H and O–H groups in total. The van der Waals surface area contributed by atoms with Crippen LogP contribution in [0.3, 0.4) is 0 Å². The monoisotopic (exact) mass is 342 g/mol. The summed E-state index contributed by atoms with van der Waals surface area (Å²) >= 11 is 0. The molecule has 0 atom stereocenters. The van der Waals surface area contributed by atoms with Crippen LogP contribution in [-0.2, 0) is 19.3 Å². The van der Waals surface area contributed by atoms with Crippen molar-refractivity contribution in [2.45, 2.75) is 32.1 Å². The van der Waals surface area contributed by atoms with E-state index in [0.717, 1.165) is 38.0 Å². The lowest BCUT2D eigenvalue weighted by Gasteiger charge is -2.31. The van der Waals surface area contributed by atoms with Gasteiger partial charge in [-0.25, -0.2) is 4.98 Å². The molecule has 1 aliphatic heterocycles. The average Bonchev–Trinajstić information content (AvgIpc) is 3.03. The summed E-state index contributed by atoms with van der Waals surface area (Å²) in [6, 6.07) is 2.37. The molecule has 0 aliphatic carbocycles. The summed E-state index contributed by atoms with van der Waals surface area (Å²) < 4.78 is 43.9. The Morgan fingerprint density at radius 1 is 1.29 bits per heavy atom. The Labute approximate surface area is 135 Å². The molecule has 1 saturated heterocycles. The van der Waals surface area contributed by atoms with Crippen LogP contribution < -0.4 is 5.56 Å². The number of alkyl halides is 3. The summed E-state index contributed by atoms with van der Waals surface area (Å²) in [5.74, 6) is 1.05. The molecule has 2 aromatic rings. The van der Waals surface area contributed by atoms with Gasteiger partial charge in [-0.15, -0.1) is 0 Å². The molecule has 1 fully saturated rings. The first-order valence-electron chi connectivity index (χ1n) is 7.67. The van der Waals surface area contributed by atoms with Crippen molar-refractivity contribution in [1.29, 1.82) is 0 Å². The van der Waals surface area contributed by atoms with Crippen molar-refractivity contribution in [3.8, 4) is 0 Å². The fourth-order valence-corrected chi connectivity index (χ4v) is 2.87. The maximum absolute atomic E-state index is 12.5. The Hall–Kier alpha value is -2.16. The molecule has 9 heteroatoms. The van der Waals surface area contributed by atoms with Crippen molar-refractivity contribution in [1.82, 2.24) is 19.6 Å². The zero-order valence-electron chi connectivity index (χ0n) is 12.9. The Kier molecular flexibility index (Phi) is 4.70. The van der Waals surface area contributed by atoms with E-state index in [9.17, 15) is 18.0 Å². The Balaban J connectivity index is 1.55. The predicted molar refractivity (Wildman–Crippen MR) is 78.0 cm³/mol. The van der Waals surface area contributed by atoms with Crippen molar-refractivity contribution >= 4 is 0 Å². The van der Waals surface area contributed by atoms with Gasteiger partial charge in [-0.3, -0.25) is 14.3 Å². The summed E-state index contributed by atoms with van der Waals surface area (Å²) in [4.78, 5) is 17.4. The maximum Gasteiger partial charge on any atom is 0.433 e. The van der Waals surface area contributed by atoms with E-state index in [1.165, 1.54) is 4.57 Å². The van der Waals surface area contributed by atoms with E-state index in [0.29, 0.717) is 19.2 Å². The van der Waals surface area contributed by atoms with Gasteiger partial charge in [-0.1, -0.05) is 5.16 Å². The zero-order chi connectivity index (χ0) is 17.2. The fraction of sp³-hybridized carbons (Fsp3) is 0.533. The molecular formula is C15H17F3N4O2. The fourth-order valence-electron chi connectivity index (χ4n) is 2.87. The number of nitrogens with zero attached hydrogens (tertiary/aromatic N) is 4. The second-order valence-electron chi connectivity index (χ2n) is 5.96. The molecule has 1 aliphatic rings. The van der Waals surface area contributed by atoms with Crippen LogP contribution in [0.2, 0.25) is 0 Å². The second kappa shape index (κ2) is 6.76. The highest BCUT2D eigenvalue weighted by atomic mass is 19.4. The predicted octanol–water partition coefficient (Wildman–Crippen LogP) is 2.16. The third kappa shape index (κ3) is 4.02. The van der Waals surface area contributed by atoms with Crippen molar-refractivity contribution < 1.29 is 17.7 Å². The van der Waals surface area contributed by atoms with E-state index in [1.54, 1.807) is 6.20 Å². The van der Waals surface area contributed by atoms with E-state index in [4.69, 9.17) is 4.52 Å². The van der Waals surface area contributed by atoms with Crippen molar-refractivity contribution in [3.63, 3.8) is 0 Å². The number of piperidine rings is 1. The molecule has 24 heavy (non-hydrogen) atoms. The minimum absolute atomic E-state index is 0.243. The standard InChI is InChI=1S/C15H17F3N4O2/c16-15(17,18)13-7-14(23)22(10-19-13)8-11-2-5-21(6-3-11)9-12-1-4-20-24-12/h1,4,7,10-11H,2-3,5-6,8-9H2. The summed E-state index contributed by atoms with van der Waals surface area (Å²) in [7, 11) is 0. The van der Waals surface area contributed by atoms with Gasteiger partial charge in [-0.2, -0.15) is 13.2 Å². The van der Waals surface area contributed by atoms with Crippen molar-refractivity contribution in [2.24, 2.45) is 5.92 Å². The molecule has 130 valence electrons. The highest BCUT2D eigenvalue weighted by Gasteiger charge is 2.33. The largest absolute Gasteiger partial charge is 0.433 e. The number of likely N-dealkylation sites (tertiary alicyclic amines) is 1. The Morgan fingerprint density at radius 3 is 2.62 bits per heavy atom. The minimum Gasteiger partial charge on any atom is -0.360 e. The number of rotatable bonds is 4. The van der Waals surface area contributed by atoms with Crippen LogP contribution in [0.5, 0.6) is 0 Å². The van der Waals surface area contributed by atoms with E-state index < -0.39 is 17.4 Å². The van der Waals surface area contributed by atoms with Gasteiger partial charge in [0, 0.05) is 18.7 Å². The highest BCUT2D eigenvalue weighted by Crippen LogP contribution is 2.26. The van der Waals surface area contributed by atoms with Gasteiger partial charge in [0.25, 0.3) is 5.56 Å². The molecule has 0 unspecified atom stereocenters. The summed E-state index contributed by atoms with van der Waals surface area (Å²) in [6.45, 7) is 2.76. The van der Waals surface area contributed by atoms with Gasteiger partial charge in [0.15, 0.2) is 11.5 Å². The van der Waals surface area contributed by atoms with Crippen LogP contribution in [0, 0.1) is 5.92 Å². The quantitative estimate of drug-likeness (QED) is 0.852. The zero-order valence-corrected chi connectivity index (χ0v) is 12.9. The lowest BCUT2D eigenvalue weighted by molar-refractivity contribution is -0.141. The number of halogens is 3. The van der Waals surface area contributed by atoms with Crippen LogP contribution in [0.1, 0.15) is 24.3 Å². The number of aromatic nitrogens is 3. The SMILES string of the molecule is O=c1cc(C(F)(F)F)ncn1CC1CCN(Cc2ccno2)CC1. The first-order valence-corrected chi connectivity index (χ1v) is 7.67. The van der Waals surface area contributed by atoms with E-state index in [2.05, 4.69) is 15.0 Å². The molecule has 3 rings (SSSR count). The van der Waals surface area contributed by atoms with Crippen LogP contribution in [0.4, 0.5) is 13.2 Å². The van der Waals surface area contributed by atoms with Crippen LogP contribution in [-0.4, -0.2) is 32.7 Å². The average molecular weight is 342 g/mol. The first kappa shape index (κ1) is 16.7. The molecule has 2 aromatic heterocycles. The van der Waals surface area contributed by atoms with E-state index in [-0.39, 0.29) is 5.92 Å². The number of hydrogen-bond donors (Lipinski definition) is 0. The molecular weight excluding hydrogens is 325 g/mol. The first-order chi connectivity index (χ1) is 11.4. The third-order valence-electron chi connectivity index (χ3n) is 4.20. The lowest BCUT2D eigenvalue weighted by Crippen LogP contribution is -2.36. The minimum atomic E-state index is -4.59. The smallest absolute Gasteiger partial charge is 0.360 e. The third-order valence-corrected chi connectivity index (χ3v) is 4.20. The normalized spacial score (nSPS) is 17.3. The lowest BCUT2D eigenvalue weighted by atomic mass is 9.96. The van der Waals surface area contributed by atoms with Gasteiger partial charge in [-0.05, 0) is 31.8 Å². The molecule has 0 aromatic carbocycles. The molecule has 6 nitrogen and oxygen atoms in total. The van der Waals surface area contributed by atoms with Crippen molar-refractivity contribution in [2.75, 3.05) is 13.1 Å². The molecule has 0 radical (unpaired) electrons. The molecule has 3 heterocycles. The van der Waals surface area contributed by atoms with Crippen LogP contribution in [0.25, 0.3) is 0 Å². The van der Waals surface area contributed by atoms with Gasteiger partial charge >= 0.3 is 6.18 Å². The molecule has 0 bridgehead atoms.